The minimum Gasteiger partial charge on any atom is -0.478 e. The van der Waals surface area contributed by atoms with E-state index in [2.05, 4.69) is 12.1 Å². The fourth-order valence-corrected chi connectivity index (χ4v) is 7.87. The molecule has 2 heterocycles. The van der Waals surface area contributed by atoms with Gasteiger partial charge in [0.25, 0.3) is 0 Å². The number of aromatic nitrogens is 2. The third-order valence-electron chi connectivity index (χ3n) is 8.43. The van der Waals surface area contributed by atoms with Gasteiger partial charge in [-0.05, 0) is 90.2 Å². The number of piperidine rings is 1. The number of hydrogen-bond donors (Lipinski definition) is 2. The van der Waals surface area contributed by atoms with Crippen molar-refractivity contribution >= 4 is 50.1 Å². The Balaban J connectivity index is 1.33. The van der Waals surface area contributed by atoms with Gasteiger partial charge >= 0.3 is 5.97 Å². The third-order valence-corrected chi connectivity index (χ3v) is 10.9. The summed E-state index contributed by atoms with van der Waals surface area (Å²) in [5.41, 5.74) is 5.02. The van der Waals surface area contributed by atoms with Gasteiger partial charge in [-0.2, -0.15) is 9.40 Å². The first-order valence-electron chi connectivity index (χ1n) is 14.6. The predicted octanol–water partition coefficient (Wildman–Crippen LogP) is 6.78. The van der Waals surface area contributed by atoms with Crippen LogP contribution in [0.25, 0.3) is 10.9 Å². The molecule has 4 aromatic carbocycles. The quantitative estimate of drug-likeness (QED) is 0.168. The van der Waals surface area contributed by atoms with Gasteiger partial charge in [0.15, 0.2) is 0 Å². The Morgan fingerprint density at radius 1 is 0.844 bits per heavy atom. The van der Waals surface area contributed by atoms with E-state index in [1.807, 2.05) is 59.3 Å². The van der Waals surface area contributed by atoms with E-state index in [9.17, 15) is 18.3 Å². The van der Waals surface area contributed by atoms with E-state index in [-0.39, 0.29) is 28.9 Å². The van der Waals surface area contributed by atoms with Crippen LogP contribution in [0.3, 0.4) is 0 Å². The van der Waals surface area contributed by atoms with Crippen LogP contribution in [0.15, 0.2) is 95.9 Å². The number of nitrogens with zero attached hydrogens (tertiary/aromatic N) is 3. The molecule has 0 bridgehead atoms. The molecule has 0 amide bonds. The van der Waals surface area contributed by atoms with Crippen LogP contribution >= 0.6 is 23.2 Å². The Labute approximate surface area is 271 Å². The van der Waals surface area contributed by atoms with Crippen molar-refractivity contribution < 1.29 is 23.4 Å². The summed E-state index contributed by atoms with van der Waals surface area (Å²) in [4.78, 5) is 11.3. The first-order chi connectivity index (χ1) is 21.7. The maximum absolute atomic E-state index is 13.4. The highest BCUT2D eigenvalue weighted by molar-refractivity contribution is 7.89. The Morgan fingerprint density at radius 3 is 1.93 bits per heavy atom. The number of rotatable bonds is 9. The second-order valence-electron chi connectivity index (χ2n) is 11.2. The number of aliphatic hydroxyl groups is 1. The van der Waals surface area contributed by atoms with Crippen molar-refractivity contribution in [2.24, 2.45) is 0 Å². The molecule has 1 fully saturated rings. The number of fused-ring (bicyclic) bond motifs is 1. The Kier molecular flexibility index (Phi) is 8.99. The van der Waals surface area contributed by atoms with Crippen molar-refractivity contribution in [3.05, 3.63) is 129 Å². The second-order valence-corrected chi connectivity index (χ2v) is 14.0. The van der Waals surface area contributed by atoms with E-state index < -0.39 is 16.0 Å². The first-order valence-corrected chi connectivity index (χ1v) is 16.8. The average molecular weight is 665 g/mol. The van der Waals surface area contributed by atoms with Crippen LogP contribution in [-0.2, 0) is 16.6 Å². The van der Waals surface area contributed by atoms with Gasteiger partial charge in [-0.1, -0.05) is 53.5 Å². The molecule has 1 aliphatic heterocycles. The number of aromatic carboxylic acids is 1. The molecule has 0 radical (unpaired) electrons. The van der Waals surface area contributed by atoms with E-state index in [0.717, 1.165) is 33.3 Å². The molecule has 5 aromatic rings. The summed E-state index contributed by atoms with van der Waals surface area (Å²) < 4.78 is 30.0. The Morgan fingerprint density at radius 2 is 1.40 bits per heavy atom. The second kappa shape index (κ2) is 12.9. The van der Waals surface area contributed by atoms with Gasteiger partial charge in [0.2, 0.25) is 10.0 Å². The van der Waals surface area contributed by atoms with E-state index >= 15 is 0 Å². The molecule has 2 N–H and O–H groups in total. The van der Waals surface area contributed by atoms with Crippen molar-refractivity contribution in [1.29, 1.82) is 0 Å². The molecule has 0 saturated carbocycles. The SMILES string of the molecule is O=C(O)c1ccc(S(=O)(=O)N2CCC(c3nn(CCO)c4ccc(C(c5ccc(Cl)cc5)c5ccc(Cl)cc5)cc34)CC2)cc1. The van der Waals surface area contributed by atoms with Crippen LogP contribution in [-0.4, -0.2) is 58.4 Å². The molecule has 0 atom stereocenters. The molecular weight excluding hydrogens is 633 g/mol. The van der Waals surface area contributed by atoms with Crippen molar-refractivity contribution in [2.45, 2.75) is 36.1 Å². The van der Waals surface area contributed by atoms with Crippen LogP contribution in [0.5, 0.6) is 0 Å². The highest BCUT2D eigenvalue weighted by Gasteiger charge is 2.32. The van der Waals surface area contributed by atoms with E-state index in [1.54, 1.807) is 0 Å². The zero-order chi connectivity index (χ0) is 31.7. The van der Waals surface area contributed by atoms with Crippen LogP contribution in [0.1, 0.15) is 57.4 Å². The lowest BCUT2D eigenvalue weighted by atomic mass is 9.84. The van der Waals surface area contributed by atoms with Gasteiger partial charge in [0.05, 0.1) is 34.8 Å². The van der Waals surface area contributed by atoms with Gasteiger partial charge in [0, 0.05) is 40.4 Å². The maximum atomic E-state index is 13.4. The first kappa shape index (κ1) is 31.3. The number of benzene rings is 4. The van der Waals surface area contributed by atoms with Crippen LogP contribution in [0.4, 0.5) is 0 Å². The number of hydrogen-bond acceptors (Lipinski definition) is 5. The van der Waals surface area contributed by atoms with E-state index in [4.69, 9.17) is 33.4 Å². The molecule has 11 heteroatoms. The number of carbonyl (C=O) groups is 1. The van der Waals surface area contributed by atoms with Crippen molar-refractivity contribution in [3.8, 4) is 0 Å². The zero-order valence-corrected chi connectivity index (χ0v) is 26.5. The van der Waals surface area contributed by atoms with Gasteiger partial charge in [-0.25, -0.2) is 13.2 Å². The van der Waals surface area contributed by atoms with Crippen molar-refractivity contribution in [3.63, 3.8) is 0 Å². The molecule has 6 rings (SSSR count). The lowest BCUT2D eigenvalue weighted by molar-refractivity contribution is 0.0696. The monoisotopic (exact) mass is 663 g/mol. The molecule has 1 saturated heterocycles. The van der Waals surface area contributed by atoms with Gasteiger partial charge in [-0.3, -0.25) is 4.68 Å². The zero-order valence-electron chi connectivity index (χ0n) is 24.2. The molecule has 232 valence electrons. The lowest BCUT2D eigenvalue weighted by Crippen LogP contribution is -2.38. The highest BCUT2D eigenvalue weighted by Crippen LogP contribution is 2.39. The van der Waals surface area contributed by atoms with Crippen molar-refractivity contribution in [2.75, 3.05) is 19.7 Å². The van der Waals surface area contributed by atoms with Crippen LogP contribution in [0.2, 0.25) is 10.0 Å². The average Bonchev–Trinajstić information content (AvgIpc) is 3.41. The summed E-state index contributed by atoms with van der Waals surface area (Å²) in [6, 6.07) is 27.2. The van der Waals surface area contributed by atoms with Crippen molar-refractivity contribution in [1.82, 2.24) is 14.1 Å². The molecule has 45 heavy (non-hydrogen) atoms. The molecule has 0 spiro atoms. The normalized spacial score (nSPS) is 14.8. The largest absolute Gasteiger partial charge is 0.478 e. The fraction of sp³-hybridized carbons (Fsp3) is 0.235. The third kappa shape index (κ3) is 6.36. The molecule has 0 unspecified atom stereocenters. The van der Waals surface area contributed by atoms with Gasteiger partial charge in [-0.15, -0.1) is 0 Å². The maximum Gasteiger partial charge on any atom is 0.335 e. The summed E-state index contributed by atoms with van der Waals surface area (Å²) in [6.45, 7) is 0.889. The topological polar surface area (TPSA) is 113 Å². The molecule has 0 aliphatic carbocycles. The minimum absolute atomic E-state index is 0.00745. The van der Waals surface area contributed by atoms with Crippen LogP contribution in [0, 0.1) is 0 Å². The van der Waals surface area contributed by atoms with E-state index in [0.29, 0.717) is 42.5 Å². The summed E-state index contributed by atoms with van der Waals surface area (Å²) in [5, 5.41) is 26.2. The standard InChI is InChI=1S/C34H31Cl2N3O5S/c35-27-8-1-22(2-9-27)32(23-3-10-28(36)11-4-23)26-7-14-31-30(21-26)33(37-39(31)19-20-40)24-15-17-38(18-16-24)45(43,44)29-12-5-25(6-13-29)34(41)42/h1-14,21,24,32,40H,15-20H2,(H,41,42). The van der Waals surface area contributed by atoms with Gasteiger partial charge in [0.1, 0.15) is 0 Å². The number of halogens is 2. The predicted molar refractivity (Wildman–Crippen MR) is 175 cm³/mol. The summed E-state index contributed by atoms with van der Waals surface area (Å²) in [5.74, 6) is -1.20. The van der Waals surface area contributed by atoms with Crippen LogP contribution < -0.4 is 0 Å². The van der Waals surface area contributed by atoms with Gasteiger partial charge < -0.3 is 10.2 Å². The molecule has 1 aliphatic rings. The summed E-state index contributed by atoms with van der Waals surface area (Å²) >= 11 is 12.5. The molecule has 1 aromatic heterocycles. The fourth-order valence-electron chi connectivity index (χ4n) is 6.14. The molecular formula is C34H31Cl2N3O5S. The molecule has 8 nitrogen and oxygen atoms in total. The minimum atomic E-state index is -3.78. The number of aliphatic hydroxyl groups excluding tert-OH is 1. The number of carboxylic acids is 1. The van der Waals surface area contributed by atoms with E-state index in [1.165, 1.54) is 28.6 Å². The summed E-state index contributed by atoms with van der Waals surface area (Å²) in [6.07, 6.45) is 1.14. The highest BCUT2D eigenvalue weighted by atomic mass is 35.5. The smallest absolute Gasteiger partial charge is 0.335 e. The Hall–Kier alpha value is -3.73. The summed E-state index contributed by atoms with van der Waals surface area (Å²) in [7, 11) is -3.78. The lowest BCUT2D eigenvalue weighted by Gasteiger charge is -2.30. The number of sulfonamides is 1. The number of carboxylic acid groups (broad SMARTS) is 1. The Bertz CT molecular complexity index is 1890.